The molecule has 118 valence electrons. The molecule has 0 spiro atoms. The van der Waals surface area contributed by atoms with E-state index in [1.54, 1.807) is 4.90 Å². The quantitative estimate of drug-likeness (QED) is 0.747. The molecule has 3 atom stereocenters. The third kappa shape index (κ3) is 2.96. The zero-order valence-electron chi connectivity index (χ0n) is 12.0. The molecule has 1 aromatic rings. The van der Waals surface area contributed by atoms with Gasteiger partial charge < -0.3 is 24.8 Å². The first kappa shape index (κ1) is 15.0. The van der Waals surface area contributed by atoms with E-state index in [1.165, 1.54) is 0 Å². The van der Waals surface area contributed by atoms with Crippen LogP contribution in [0.3, 0.4) is 0 Å². The summed E-state index contributed by atoms with van der Waals surface area (Å²) < 4.78 is 11.0. The van der Waals surface area contributed by atoms with Gasteiger partial charge in [-0.1, -0.05) is 30.3 Å². The van der Waals surface area contributed by atoms with Crippen molar-refractivity contribution < 1.29 is 24.2 Å². The summed E-state index contributed by atoms with van der Waals surface area (Å²) in [7, 11) is 0. The minimum absolute atomic E-state index is 0.123. The molecule has 0 aromatic heterocycles. The first-order valence-corrected chi connectivity index (χ1v) is 7.21. The Morgan fingerprint density at radius 1 is 1.32 bits per heavy atom. The maximum Gasteiger partial charge on any atom is 0.255 e. The van der Waals surface area contributed by atoms with Gasteiger partial charge in [0, 0.05) is 13.1 Å². The smallest absolute Gasteiger partial charge is 0.255 e. The van der Waals surface area contributed by atoms with Crippen LogP contribution < -0.4 is 5.32 Å². The lowest BCUT2D eigenvalue weighted by Crippen LogP contribution is -2.51. The molecule has 22 heavy (non-hydrogen) atoms. The Morgan fingerprint density at radius 2 is 2.09 bits per heavy atom. The van der Waals surface area contributed by atoms with Gasteiger partial charge in [-0.3, -0.25) is 9.59 Å². The van der Waals surface area contributed by atoms with Crippen molar-refractivity contribution in [3.05, 3.63) is 35.9 Å². The second kappa shape index (κ2) is 6.43. The van der Waals surface area contributed by atoms with Crippen LogP contribution in [0.4, 0.5) is 0 Å². The van der Waals surface area contributed by atoms with Crippen molar-refractivity contribution in [2.45, 2.75) is 25.0 Å². The summed E-state index contributed by atoms with van der Waals surface area (Å²) in [6, 6.07) is 9.62. The SMILES string of the molecule is O=C(NCCO)[C@@H]1O[C@@H]2CN(Cc3ccccc3)C(=O)[C@H]1O2. The molecule has 2 aliphatic heterocycles. The molecule has 1 aromatic carbocycles. The number of aliphatic hydroxyl groups excluding tert-OH is 1. The molecule has 0 unspecified atom stereocenters. The van der Waals surface area contributed by atoms with E-state index in [4.69, 9.17) is 14.6 Å². The molecule has 0 aliphatic carbocycles. The van der Waals surface area contributed by atoms with Gasteiger partial charge in [-0.2, -0.15) is 0 Å². The average molecular weight is 306 g/mol. The zero-order valence-corrected chi connectivity index (χ0v) is 12.0. The molecular weight excluding hydrogens is 288 g/mol. The fourth-order valence-electron chi connectivity index (χ4n) is 2.65. The molecule has 7 nitrogen and oxygen atoms in total. The van der Waals surface area contributed by atoms with Crippen LogP contribution in [0.2, 0.25) is 0 Å². The van der Waals surface area contributed by atoms with Gasteiger partial charge in [0.25, 0.3) is 11.8 Å². The van der Waals surface area contributed by atoms with Gasteiger partial charge in [0.05, 0.1) is 13.2 Å². The van der Waals surface area contributed by atoms with E-state index >= 15 is 0 Å². The Balaban J connectivity index is 1.67. The largest absolute Gasteiger partial charge is 0.395 e. The predicted octanol–water partition coefficient (Wildman–Crippen LogP) is -0.753. The van der Waals surface area contributed by atoms with Crippen molar-refractivity contribution in [2.75, 3.05) is 19.7 Å². The molecule has 7 heteroatoms. The fourth-order valence-corrected chi connectivity index (χ4v) is 2.65. The monoisotopic (exact) mass is 306 g/mol. The van der Waals surface area contributed by atoms with E-state index in [-0.39, 0.29) is 19.1 Å². The number of morpholine rings is 1. The van der Waals surface area contributed by atoms with E-state index in [9.17, 15) is 9.59 Å². The Kier molecular flexibility index (Phi) is 4.37. The number of benzene rings is 1. The summed E-state index contributed by atoms with van der Waals surface area (Å²) in [6.07, 6.45) is -2.46. The molecule has 2 N–H and O–H groups in total. The molecule has 2 amide bonds. The van der Waals surface area contributed by atoms with Gasteiger partial charge in [0.1, 0.15) is 0 Å². The van der Waals surface area contributed by atoms with Gasteiger partial charge in [0.2, 0.25) is 0 Å². The normalized spacial score (nSPS) is 27.0. The predicted molar refractivity (Wildman–Crippen MR) is 75.5 cm³/mol. The summed E-state index contributed by atoms with van der Waals surface area (Å²) in [6.45, 7) is 0.720. The van der Waals surface area contributed by atoms with Crippen LogP contribution >= 0.6 is 0 Å². The number of hydrogen-bond acceptors (Lipinski definition) is 5. The third-order valence-electron chi connectivity index (χ3n) is 3.68. The minimum atomic E-state index is -0.954. The number of carbonyl (C=O) groups excluding carboxylic acids is 2. The molecule has 3 rings (SSSR count). The Morgan fingerprint density at radius 3 is 2.82 bits per heavy atom. The summed E-state index contributed by atoms with van der Waals surface area (Å²) in [5.74, 6) is -0.682. The number of carbonyl (C=O) groups is 2. The Hall–Kier alpha value is -1.96. The number of nitrogens with one attached hydrogen (secondary N) is 1. The minimum Gasteiger partial charge on any atom is -0.395 e. The molecule has 0 radical (unpaired) electrons. The molecule has 0 saturated carbocycles. The first-order valence-electron chi connectivity index (χ1n) is 7.21. The van der Waals surface area contributed by atoms with Crippen molar-refractivity contribution in [3.63, 3.8) is 0 Å². The van der Waals surface area contributed by atoms with Crippen molar-refractivity contribution >= 4 is 11.8 Å². The lowest BCUT2D eigenvalue weighted by Gasteiger charge is -2.30. The Labute approximate surface area is 127 Å². The fraction of sp³-hybridized carbons (Fsp3) is 0.467. The van der Waals surface area contributed by atoms with E-state index in [0.29, 0.717) is 13.1 Å². The standard InChI is InChI=1S/C15H18N2O5/c18-7-6-16-14(19)12-13-15(20)17(9-11(21-12)22-13)8-10-4-2-1-3-5-10/h1-5,11-13,18H,6-9H2,(H,16,19)/t11-,12+,13-/m0/s1. The molecular formula is C15H18N2O5. The molecule has 2 heterocycles. The number of fused-ring (bicyclic) bond motifs is 2. The summed E-state index contributed by atoms with van der Waals surface area (Å²) in [4.78, 5) is 26.1. The van der Waals surface area contributed by atoms with Gasteiger partial charge >= 0.3 is 0 Å². The number of ether oxygens (including phenoxy) is 2. The molecule has 2 bridgehead atoms. The van der Waals surface area contributed by atoms with Crippen molar-refractivity contribution in [1.29, 1.82) is 0 Å². The van der Waals surface area contributed by atoms with Crippen molar-refractivity contribution in [1.82, 2.24) is 10.2 Å². The summed E-state index contributed by atoms with van der Waals surface area (Å²) in [5, 5.41) is 11.2. The average Bonchev–Trinajstić information content (AvgIpc) is 2.90. The second-order valence-electron chi connectivity index (χ2n) is 5.26. The van der Waals surface area contributed by atoms with Crippen molar-refractivity contribution in [3.8, 4) is 0 Å². The highest BCUT2D eigenvalue weighted by atomic mass is 16.7. The topological polar surface area (TPSA) is 88.1 Å². The van der Waals surface area contributed by atoms with Crippen LogP contribution in [0.1, 0.15) is 5.56 Å². The van der Waals surface area contributed by atoms with Gasteiger partial charge in [0.15, 0.2) is 18.5 Å². The molecule has 2 saturated heterocycles. The number of aliphatic hydroxyl groups is 1. The summed E-state index contributed by atoms with van der Waals surface area (Å²) >= 11 is 0. The van der Waals surface area contributed by atoms with E-state index < -0.39 is 24.4 Å². The number of rotatable bonds is 5. The van der Waals surface area contributed by atoms with Gasteiger partial charge in [-0.05, 0) is 5.56 Å². The highest BCUT2D eigenvalue weighted by Crippen LogP contribution is 2.28. The van der Waals surface area contributed by atoms with Crippen LogP contribution in [-0.4, -0.2) is 60.0 Å². The number of amides is 2. The highest BCUT2D eigenvalue weighted by Gasteiger charge is 2.50. The first-order chi connectivity index (χ1) is 10.7. The number of nitrogens with zero attached hydrogens (tertiary/aromatic N) is 1. The van der Waals surface area contributed by atoms with Crippen LogP contribution in [-0.2, 0) is 25.6 Å². The van der Waals surface area contributed by atoms with Crippen LogP contribution in [0.25, 0.3) is 0 Å². The van der Waals surface area contributed by atoms with E-state index in [0.717, 1.165) is 5.56 Å². The highest BCUT2D eigenvalue weighted by molar-refractivity contribution is 5.92. The van der Waals surface area contributed by atoms with Crippen LogP contribution in [0.15, 0.2) is 30.3 Å². The van der Waals surface area contributed by atoms with Gasteiger partial charge in [-0.15, -0.1) is 0 Å². The second-order valence-corrected chi connectivity index (χ2v) is 5.26. The third-order valence-corrected chi connectivity index (χ3v) is 3.68. The maximum atomic E-state index is 12.5. The zero-order chi connectivity index (χ0) is 15.5. The van der Waals surface area contributed by atoms with Crippen LogP contribution in [0.5, 0.6) is 0 Å². The lowest BCUT2D eigenvalue weighted by molar-refractivity contribution is -0.162. The molecule has 2 aliphatic rings. The van der Waals surface area contributed by atoms with Crippen molar-refractivity contribution in [2.24, 2.45) is 0 Å². The molecule has 2 fully saturated rings. The van der Waals surface area contributed by atoms with Gasteiger partial charge in [-0.25, -0.2) is 0 Å². The Bertz CT molecular complexity index is 550. The summed E-state index contributed by atoms with van der Waals surface area (Å²) in [5.41, 5.74) is 1.01. The van der Waals surface area contributed by atoms with E-state index in [2.05, 4.69) is 5.32 Å². The van der Waals surface area contributed by atoms with Crippen LogP contribution in [0, 0.1) is 0 Å². The number of hydrogen-bond donors (Lipinski definition) is 2. The maximum absolute atomic E-state index is 12.5. The lowest BCUT2D eigenvalue weighted by atomic mass is 10.1. The van der Waals surface area contributed by atoms with E-state index in [1.807, 2.05) is 30.3 Å².